The zero-order chi connectivity index (χ0) is 18.0. The predicted octanol–water partition coefficient (Wildman–Crippen LogP) is 3.68. The Morgan fingerprint density at radius 3 is 2.56 bits per heavy atom. The molecule has 0 saturated carbocycles. The number of piperidine rings is 1. The molecule has 0 radical (unpaired) electrons. The molecule has 0 N–H and O–H groups in total. The van der Waals surface area contributed by atoms with E-state index in [2.05, 4.69) is 21.8 Å². The summed E-state index contributed by atoms with van der Waals surface area (Å²) in [7, 11) is 1.78. The van der Waals surface area contributed by atoms with Gasteiger partial charge < -0.3 is 4.90 Å². The van der Waals surface area contributed by atoms with Crippen LogP contribution in [-0.4, -0.2) is 27.8 Å². The highest BCUT2D eigenvalue weighted by molar-refractivity contribution is 6.32. The number of nitro groups is 1. The van der Waals surface area contributed by atoms with E-state index in [-0.39, 0.29) is 5.69 Å². The Labute approximate surface area is 151 Å². The van der Waals surface area contributed by atoms with Crippen molar-refractivity contribution in [3.05, 3.63) is 50.3 Å². The molecule has 0 aliphatic carbocycles. The quantitative estimate of drug-likeness (QED) is 0.466. The van der Waals surface area contributed by atoms with Gasteiger partial charge in [0.1, 0.15) is 5.69 Å². The van der Waals surface area contributed by atoms with E-state index in [9.17, 15) is 10.1 Å². The number of aromatic nitrogens is 2. The van der Waals surface area contributed by atoms with Gasteiger partial charge in [-0.2, -0.15) is 5.10 Å². The molecule has 0 spiro atoms. The zero-order valence-corrected chi connectivity index (χ0v) is 15.0. The second-order valence-electron chi connectivity index (χ2n) is 6.13. The summed E-state index contributed by atoms with van der Waals surface area (Å²) in [4.78, 5) is 13.0. The fraction of sp³-hybridized carbons (Fsp3) is 0.389. The van der Waals surface area contributed by atoms with Gasteiger partial charge >= 0.3 is 0 Å². The van der Waals surface area contributed by atoms with Crippen molar-refractivity contribution in [2.24, 2.45) is 7.05 Å². The Balaban J connectivity index is 2.05. The van der Waals surface area contributed by atoms with Crippen molar-refractivity contribution < 1.29 is 4.92 Å². The second-order valence-corrected chi connectivity index (χ2v) is 6.51. The number of benzene rings is 1. The fourth-order valence-corrected chi connectivity index (χ4v) is 3.25. The SMILES string of the molecule is Cc1nn(C)c(C#Cc2cc([N+](=O)[O-])ccc2N2CCCCC2)c1Cl. The van der Waals surface area contributed by atoms with E-state index in [1.54, 1.807) is 17.8 Å². The van der Waals surface area contributed by atoms with Gasteiger partial charge in [0, 0.05) is 32.3 Å². The lowest BCUT2D eigenvalue weighted by Gasteiger charge is -2.29. The van der Waals surface area contributed by atoms with Crippen LogP contribution in [0.15, 0.2) is 18.2 Å². The highest BCUT2D eigenvalue weighted by Gasteiger charge is 2.17. The third kappa shape index (κ3) is 3.62. The first-order chi connectivity index (χ1) is 12.0. The summed E-state index contributed by atoms with van der Waals surface area (Å²) in [5.74, 6) is 6.11. The maximum Gasteiger partial charge on any atom is 0.270 e. The number of rotatable bonds is 2. The van der Waals surface area contributed by atoms with Crippen molar-refractivity contribution in [2.45, 2.75) is 26.2 Å². The minimum atomic E-state index is -0.396. The van der Waals surface area contributed by atoms with Crippen LogP contribution in [0.1, 0.15) is 36.2 Å². The van der Waals surface area contributed by atoms with E-state index >= 15 is 0 Å². The van der Waals surface area contributed by atoms with Gasteiger partial charge in [0.25, 0.3) is 5.69 Å². The number of anilines is 1. The molecule has 2 aromatic rings. The molecular weight excluding hydrogens is 340 g/mol. The van der Waals surface area contributed by atoms with Crippen LogP contribution in [0.5, 0.6) is 0 Å². The lowest BCUT2D eigenvalue weighted by Crippen LogP contribution is -2.30. The van der Waals surface area contributed by atoms with Crippen LogP contribution in [0, 0.1) is 28.9 Å². The zero-order valence-electron chi connectivity index (χ0n) is 14.3. The molecule has 1 fully saturated rings. The Morgan fingerprint density at radius 1 is 1.24 bits per heavy atom. The molecule has 0 unspecified atom stereocenters. The van der Waals surface area contributed by atoms with Gasteiger partial charge in [-0.25, -0.2) is 0 Å². The molecule has 6 nitrogen and oxygen atoms in total. The van der Waals surface area contributed by atoms with Gasteiger partial charge in [-0.15, -0.1) is 0 Å². The normalized spacial score (nSPS) is 14.1. The van der Waals surface area contributed by atoms with Crippen molar-refractivity contribution >= 4 is 23.0 Å². The average molecular weight is 359 g/mol. The Morgan fingerprint density at radius 2 is 1.96 bits per heavy atom. The van der Waals surface area contributed by atoms with Crippen LogP contribution >= 0.6 is 11.6 Å². The van der Waals surface area contributed by atoms with E-state index < -0.39 is 4.92 Å². The second kappa shape index (κ2) is 7.16. The van der Waals surface area contributed by atoms with Crippen molar-refractivity contribution in [1.82, 2.24) is 9.78 Å². The Kier molecular flexibility index (Phi) is 4.95. The first-order valence-corrected chi connectivity index (χ1v) is 8.59. The molecule has 0 bridgehead atoms. The van der Waals surface area contributed by atoms with E-state index in [0.717, 1.165) is 31.6 Å². The van der Waals surface area contributed by atoms with Crippen LogP contribution in [0.3, 0.4) is 0 Å². The Hall–Kier alpha value is -2.52. The molecular formula is C18H19ClN4O2. The van der Waals surface area contributed by atoms with Crippen LogP contribution in [0.2, 0.25) is 5.02 Å². The molecule has 3 rings (SSSR count). The van der Waals surface area contributed by atoms with Gasteiger partial charge in [-0.1, -0.05) is 17.5 Å². The third-order valence-corrected chi connectivity index (χ3v) is 4.80. The minimum Gasteiger partial charge on any atom is -0.371 e. The summed E-state index contributed by atoms with van der Waals surface area (Å²) in [6.07, 6.45) is 3.46. The topological polar surface area (TPSA) is 64.2 Å². The number of non-ortho nitro benzene ring substituents is 1. The standard InChI is InChI=1S/C18H19ClN4O2/c1-13-18(19)17(21(2)20-13)8-6-14-12-15(23(24)25)7-9-16(14)22-10-4-3-5-11-22/h7,9,12H,3-5,10-11H2,1-2H3. The number of aryl methyl sites for hydroxylation is 2. The Bertz CT molecular complexity index is 873. The molecule has 25 heavy (non-hydrogen) atoms. The highest BCUT2D eigenvalue weighted by Crippen LogP contribution is 2.28. The maximum absolute atomic E-state index is 11.1. The smallest absolute Gasteiger partial charge is 0.270 e. The number of hydrogen-bond acceptors (Lipinski definition) is 4. The predicted molar refractivity (Wildman–Crippen MR) is 98.1 cm³/mol. The molecule has 1 aromatic heterocycles. The van der Waals surface area contributed by atoms with E-state index in [0.29, 0.717) is 22.0 Å². The molecule has 0 atom stereocenters. The lowest BCUT2D eigenvalue weighted by molar-refractivity contribution is -0.384. The molecule has 1 saturated heterocycles. The number of nitrogens with zero attached hydrogens (tertiary/aromatic N) is 4. The molecule has 1 aromatic carbocycles. The molecule has 1 aliphatic rings. The van der Waals surface area contributed by atoms with Gasteiger partial charge in [0.2, 0.25) is 0 Å². The largest absolute Gasteiger partial charge is 0.371 e. The summed E-state index contributed by atoms with van der Waals surface area (Å²) in [6, 6.07) is 4.87. The number of nitro benzene ring substituents is 1. The molecule has 0 amide bonds. The average Bonchev–Trinajstić information content (AvgIpc) is 2.85. The third-order valence-electron chi connectivity index (χ3n) is 4.35. The maximum atomic E-state index is 11.1. The van der Waals surface area contributed by atoms with Gasteiger partial charge in [-0.3, -0.25) is 14.8 Å². The summed E-state index contributed by atoms with van der Waals surface area (Å²) < 4.78 is 1.63. The van der Waals surface area contributed by atoms with Crippen molar-refractivity contribution in [1.29, 1.82) is 0 Å². The molecule has 7 heteroatoms. The van der Waals surface area contributed by atoms with E-state index in [4.69, 9.17) is 11.6 Å². The monoisotopic (exact) mass is 358 g/mol. The van der Waals surface area contributed by atoms with Crippen LogP contribution in [0.25, 0.3) is 0 Å². The number of halogens is 1. The summed E-state index contributed by atoms with van der Waals surface area (Å²) in [5.41, 5.74) is 2.94. The van der Waals surface area contributed by atoms with Gasteiger partial charge in [0.05, 0.1) is 26.9 Å². The molecule has 2 heterocycles. The fourth-order valence-electron chi connectivity index (χ4n) is 3.04. The van der Waals surface area contributed by atoms with Crippen LogP contribution in [0.4, 0.5) is 11.4 Å². The van der Waals surface area contributed by atoms with Crippen molar-refractivity contribution in [2.75, 3.05) is 18.0 Å². The summed E-state index contributed by atoms with van der Waals surface area (Å²) in [5, 5.41) is 15.9. The summed E-state index contributed by atoms with van der Waals surface area (Å²) in [6.45, 7) is 3.70. The lowest BCUT2D eigenvalue weighted by atomic mass is 10.1. The first-order valence-electron chi connectivity index (χ1n) is 8.22. The molecule has 1 aliphatic heterocycles. The van der Waals surface area contributed by atoms with Crippen molar-refractivity contribution in [3.63, 3.8) is 0 Å². The van der Waals surface area contributed by atoms with E-state index in [1.807, 2.05) is 6.92 Å². The van der Waals surface area contributed by atoms with Crippen molar-refractivity contribution in [3.8, 4) is 11.8 Å². The van der Waals surface area contributed by atoms with Crippen LogP contribution in [-0.2, 0) is 7.05 Å². The van der Waals surface area contributed by atoms with Gasteiger partial charge in [-0.05, 0) is 38.2 Å². The summed E-state index contributed by atoms with van der Waals surface area (Å²) >= 11 is 6.25. The van der Waals surface area contributed by atoms with Gasteiger partial charge in [0.15, 0.2) is 0 Å². The minimum absolute atomic E-state index is 0.0392. The van der Waals surface area contributed by atoms with E-state index in [1.165, 1.54) is 18.6 Å². The van der Waals surface area contributed by atoms with Crippen LogP contribution < -0.4 is 4.90 Å². The number of hydrogen-bond donors (Lipinski definition) is 0. The highest BCUT2D eigenvalue weighted by atomic mass is 35.5. The molecule has 130 valence electrons. The first kappa shape index (κ1) is 17.3.